The van der Waals surface area contributed by atoms with Crippen LogP contribution in [0.15, 0.2) is 30.3 Å². The number of hydrogen-bond acceptors (Lipinski definition) is 1. The van der Waals surface area contributed by atoms with Crippen LogP contribution in [0, 0.1) is 0 Å². The fourth-order valence-corrected chi connectivity index (χ4v) is 1.43. The predicted octanol–water partition coefficient (Wildman–Crippen LogP) is 2.57. The molecule has 0 aliphatic carbocycles. The van der Waals surface area contributed by atoms with Gasteiger partial charge in [-0.05, 0) is 0 Å². The average molecular weight is 167 g/mol. The molecule has 1 unspecified atom stereocenters. The van der Waals surface area contributed by atoms with Gasteiger partial charge in [0.15, 0.2) is 0 Å². The van der Waals surface area contributed by atoms with Crippen molar-refractivity contribution in [3.8, 4) is 0 Å². The zero-order chi connectivity index (χ0) is 8.10. The van der Waals surface area contributed by atoms with Gasteiger partial charge in [-0.1, -0.05) is 37.3 Å². The Balaban J connectivity index is 2.82. The normalized spacial score (nSPS) is 12.5. The molecule has 1 rings (SSSR count). The third-order valence-electron chi connectivity index (χ3n) is 1.66. The minimum atomic E-state index is 0.121. The molecule has 0 aromatic heterocycles. The van der Waals surface area contributed by atoms with E-state index >= 15 is 0 Å². The standard InChI is InChI=1S/C9H11OS/c1-2-9(11-10)8-6-4-3-5-7-8/h3-7,9H,2H2,1H3/q+1. The van der Waals surface area contributed by atoms with E-state index in [1.165, 1.54) is 0 Å². The third-order valence-corrected chi connectivity index (χ3v) is 2.50. The van der Waals surface area contributed by atoms with Gasteiger partial charge in [0, 0.05) is 16.2 Å². The Morgan fingerprint density at radius 2 is 2.00 bits per heavy atom. The summed E-state index contributed by atoms with van der Waals surface area (Å²) in [5.41, 5.74) is 1.13. The van der Waals surface area contributed by atoms with Gasteiger partial charge in [0.25, 0.3) is 5.25 Å². The molecule has 1 aromatic carbocycles. The number of rotatable bonds is 3. The average Bonchev–Trinajstić information content (AvgIpc) is 2.09. The largest absolute Gasteiger partial charge is 0.467 e. The molecular weight excluding hydrogens is 156 g/mol. The van der Waals surface area contributed by atoms with E-state index in [-0.39, 0.29) is 5.25 Å². The third kappa shape index (κ3) is 2.09. The van der Waals surface area contributed by atoms with Gasteiger partial charge in [0.1, 0.15) is 0 Å². The lowest BCUT2D eigenvalue weighted by atomic mass is 10.1. The van der Waals surface area contributed by atoms with Crippen LogP contribution in [-0.2, 0) is 15.9 Å². The van der Waals surface area contributed by atoms with E-state index in [2.05, 4.69) is 0 Å². The van der Waals surface area contributed by atoms with Crippen LogP contribution in [0.25, 0.3) is 0 Å². The summed E-state index contributed by atoms with van der Waals surface area (Å²) < 4.78 is 10.6. The van der Waals surface area contributed by atoms with Crippen LogP contribution < -0.4 is 0 Å². The highest BCUT2D eigenvalue weighted by molar-refractivity contribution is 7.65. The minimum absolute atomic E-state index is 0.121. The molecule has 0 spiro atoms. The minimum Gasteiger partial charge on any atom is -0.0622 e. The maximum atomic E-state index is 10.6. The van der Waals surface area contributed by atoms with Crippen LogP contribution in [0.3, 0.4) is 0 Å². The quantitative estimate of drug-likeness (QED) is 0.632. The van der Waals surface area contributed by atoms with Crippen molar-refractivity contribution < 1.29 is 4.21 Å². The maximum Gasteiger partial charge on any atom is 0.467 e. The van der Waals surface area contributed by atoms with Crippen LogP contribution in [0.1, 0.15) is 24.2 Å². The molecule has 0 amide bonds. The van der Waals surface area contributed by atoms with Gasteiger partial charge in [-0.3, -0.25) is 0 Å². The zero-order valence-corrected chi connectivity index (χ0v) is 7.30. The van der Waals surface area contributed by atoms with Crippen LogP contribution in [0.5, 0.6) is 0 Å². The van der Waals surface area contributed by atoms with Crippen molar-refractivity contribution in [2.45, 2.75) is 18.6 Å². The van der Waals surface area contributed by atoms with Gasteiger partial charge < -0.3 is 0 Å². The van der Waals surface area contributed by atoms with Crippen LogP contribution in [0.4, 0.5) is 0 Å². The molecule has 1 nitrogen and oxygen atoms in total. The number of hydrogen-bond donors (Lipinski definition) is 0. The van der Waals surface area contributed by atoms with Gasteiger partial charge in [-0.2, -0.15) is 0 Å². The van der Waals surface area contributed by atoms with Gasteiger partial charge in [0.2, 0.25) is 0 Å². The maximum absolute atomic E-state index is 10.6. The van der Waals surface area contributed by atoms with Crippen molar-refractivity contribution in [3.63, 3.8) is 0 Å². The lowest BCUT2D eigenvalue weighted by Gasteiger charge is -1.94. The zero-order valence-electron chi connectivity index (χ0n) is 6.49. The summed E-state index contributed by atoms with van der Waals surface area (Å²) in [6, 6.07) is 9.90. The molecule has 11 heavy (non-hydrogen) atoms. The van der Waals surface area contributed by atoms with Gasteiger partial charge in [-0.25, -0.2) is 0 Å². The van der Waals surface area contributed by atoms with Crippen molar-refractivity contribution in [1.82, 2.24) is 0 Å². The molecule has 0 N–H and O–H groups in total. The highest BCUT2D eigenvalue weighted by atomic mass is 32.1. The lowest BCUT2D eigenvalue weighted by Crippen LogP contribution is -1.92. The van der Waals surface area contributed by atoms with E-state index in [0.29, 0.717) is 11.7 Å². The summed E-state index contributed by atoms with van der Waals surface area (Å²) in [6.07, 6.45) is 0.901. The van der Waals surface area contributed by atoms with Crippen molar-refractivity contribution in [1.29, 1.82) is 0 Å². The van der Waals surface area contributed by atoms with Crippen LogP contribution in [0.2, 0.25) is 0 Å². The molecular formula is C9H11OS+. The lowest BCUT2D eigenvalue weighted by molar-refractivity contribution is 0.597. The van der Waals surface area contributed by atoms with E-state index in [0.717, 1.165) is 12.0 Å². The summed E-state index contributed by atoms with van der Waals surface area (Å²) >= 11 is 0.673. The van der Waals surface area contributed by atoms with Crippen molar-refractivity contribution >= 4 is 11.7 Å². The van der Waals surface area contributed by atoms with Crippen molar-refractivity contribution in [3.05, 3.63) is 35.9 Å². The molecule has 0 aliphatic heterocycles. The summed E-state index contributed by atoms with van der Waals surface area (Å²) in [5.74, 6) is 0. The Morgan fingerprint density at radius 3 is 2.45 bits per heavy atom. The van der Waals surface area contributed by atoms with E-state index < -0.39 is 0 Å². The van der Waals surface area contributed by atoms with E-state index in [9.17, 15) is 4.21 Å². The molecule has 0 saturated carbocycles. The topological polar surface area (TPSA) is 17.1 Å². The van der Waals surface area contributed by atoms with Crippen LogP contribution in [-0.4, -0.2) is 0 Å². The monoisotopic (exact) mass is 167 g/mol. The second-order valence-electron chi connectivity index (χ2n) is 2.40. The molecule has 0 saturated heterocycles. The fraction of sp³-hybridized carbons (Fsp3) is 0.333. The Labute approximate surface area is 70.9 Å². The Hall–Kier alpha value is -0.760. The summed E-state index contributed by atoms with van der Waals surface area (Å²) in [7, 11) is 0. The van der Waals surface area contributed by atoms with Gasteiger partial charge >= 0.3 is 11.7 Å². The summed E-state index contributed by atoms with van der Waals surface area (Å²) in [6.45, 7) is 2.03. The SMILES string of the molecule is CCC([S+]=O)c1ccccc1. The molecule has 1 atom stereocenters. The first-order valence-electron chi connectivity index (χ1n) is 3.72. The molecule has 1 aromatic rings. The van der Waals surface area contributed by atoms with E-state index in [4.69, 9.17) is 0 Å². The molecule has 0 bridgehead atoms. The van der Waals surface area contributed by atoms with E-state index in [1.807, 2.05) is 37.3 Å². The summed E-state index contributed by atoms with van der Waals surface area (Å²) in [5, 5.41) is 0.121. The first-order chi connectivity index (χ1) is 5.38. The highest BCUT2D eigenvalue weighted by Gasteiger charge is 2.20. The Kier molecular flexibility index (Phi) is 3.17. The first kappa shape index (κ1) is 8.34. The number of benzene rings is 1. The Morgan fingerprint density at radius 1 is 1.36 bits per heavy atom. The molecule has 0 fully saturated rings. The van der Waals surface area contributed by atoms with Gasteiger partial charge in [-0.15, -0.1) is 0 Å². The smallest absolute Gasteiger partial charge is 0.0622 e. The van der Waals surface area contributed by atoms with E-state index in [1.54, 1.807) is 0 Å². The second kappa shape index (κ2) is 4.19. The Bertz CT molecular complexity index is 220. The summed E-state index contributed by atoms with van der Waals surface area (Å²) in [4.78, 5) is 0. The highest BCUT2D eigenvalue weighted by Crippen LogP contribution is 2.17. The van der Waals surface area contributed by atoms with Gasteiger partial charge in [0.05, 0.1) is 0 Å². The molecule has 0 heterocycles. The predicted molar refractivity (Wildman–Crippen MR) is 47.5 cm³/mol. The van der Waals surface area contributed by atoms with Crippen LogP contribution >= 0.6 is 0 Å². The van der Waals surface area contributed by atoms with Crippen molar-refractivity contribution in [2.75, 3.05) is 0 Å². The second-order valence-corrected chi connectivity index (χ2v) is 3.17. The molecule has 0 radical (unpaired) electrons. The first-order valence-corrected chi connectivity index (χ1v) is 4.52. The van der Waals surface area contributed by atoms with Crippen molar-refractivity contribution in [2.24, 2.45) is 0 Å². The molecule has 58 valence electrons. The fourth-order valence-electron chi connectivity index (χ4n) is 1.03. The molecule has 0 aliphatic rings. The molecule has 2 heteroatoms.